The van der Waals surface area contributed by atoms with Crippen molar-refractivity contribution in [1.82, 2.24) is 4.98 Å². The highest BCUT2D eigenvalue weighted by Gasteiger charge is 2.07. The van der Waals surface area contributed by atoms with Gasteiger partial charge in [-0.2, -0.15) is 0 Å². The van der Waals surface area contributed by atoms with Crippen LogP contribution in [0.15, 0.2) is 23.6 Å². The van der Waals surface area contributed by atoms with E-state index in [0.29, 0.717) is 21.4 Å². The van der Waals surface area contributed by atoms with Crippen molar-refractivity contribution in [2.75, 3.05) is 5.73 Å². The van der Waals surface area contributed by atoms with Gasteiger partial charge < -0.3 is 5.73 Å². The summed E-state index contributed by atoms with van der Waals surface area (Å²) in [6, 6.07) is 4.20. The molecule has 0 fully saturated rings. The van der Waals surface area contributed by atoms with Crippen LogP contribution in [-0.2, 0) is 0 Å². The molecule has 14 heavy (non-hydrogen) atoms. The number of nitrogen functional groups attached to an aromatic ring is 1. The Labute approximate surface area is 89.2 Å². The number of hydrogen-bond acceptors (Lipinski definition) is 3. The molecule has 0 spiro atoms. The number of thiazole rings is 1. The van der Waals surface area contributed by atoms with Crippen molar-refractivity contribution in [3.05, 3.63) is 34.4 Å². The molecule has 1 aromatic carbocycles. The van der Waals surface area contributed by atoms with Gasteiger partial charge in [0.25, 0.3) is 0 Å². The number of aromatic nitrogens is 1. The van der Waals surface area contributed by atoms with E-state index in [-0.39, 0.29) is 5.82 Å². The lowest BCUT2D eigenvalue weighted by molar-refractivity contribution is 0.628. The predicted molar refractivity (Wildman–Crippen MR) is 56.9 cm³/mol. The zero-order chi connectivity index (χ0) is 10.1. The summed E-state index contributed by atoms with van der Waals surface area (Å²) < 4.78 is 12.7. The zero-order valence-corrected chi connectivity index (χ0v) is 8.57. The van der Waals surface area contributed by atoms with Gasteiger partial charge >= 0.3 is 0 Å². The summed E-state index contributed by atoms with van der Waals surface area (Å²) in [6.45, 7) is 0. The molecule has 0 unspecified atom stereocenters. The highest BCUT2D eigenvalue weighted by atomic mass is 35.5. The van der Waals surface area contributed by atoms with E-state index in [1.54, 1.807) is 11.4 Å². The number of rotatable bonds is 1. The summed E-state index contributed by atoms with van der Waals surface area (Å²) in [5.41, 5.74) is 6.18. The lowest BCUT2D eigenvalue weighted by Gasteiger charge is -1.99. The average molecular weight is 229 g/mol. The number of benzene rings is 1. The normalized spacial score (nSPS) is 10.4. The summed E-state index contributed by atoms with van der Waals surface area (Å²) in [5.74, 6) is 0.0914. The summed E-state index contributed by atoms with van der Waals surface area (Å²) >= 11 is 7.24. The second kappa shape index (κ2) is 3.55. The van der Waals surface area contributed by atoms with Crippen LogP contribution < -0.4 is 5.73 Å². The standard InChI is InChI=1S/C9H6ClFN2S/c10-7-3-5(11)1-2-6(7)9-13-8(12)4-14-9/h1-4H,12H2. The minimum atomic E-state index is -0.358. The highest BCUT2D eigenvalue weighted by Crippen LogP contribution is 2.31. The van der Waals surface area contributed by atoms with Crippen LogP contribution in [0, 0.1) is 5.82 Å². The fraction of sp³-hybridized carbons (Fsp3) is 0. The van der Waals surface area contributed by atoms with Crippen LogP contribution in [0.2, 0.25) is 5.02 Å². The van der Waals surface area contributed by atoms with Crippen molar-refractivity contribution in [2.24, 2.45) is 0 Å². The minimum Gasteiger partial charge on any atom is -0.383 e. The van der Waals surface area contributed by atoms with Gasteiger partial charge in [0.2, 0.25) is 0 Å². The van der Waals surface area contributed by atoms with E-state index in [9.17, 15) is 4.39 Å². The molecule has 72 valence electrons. The molecule has 0 aliphatic heterocycles. The van der Waals surface area contributed by atoms with E-state index in [1.807, 2.05) is 0 Å². The molecule has 1 aromatic heterocycles. The molecule has 0 aliphatic rings. The molecule has 0 bridgehead atoms. The third kappa shape index (κ3) is 1.71. The second-order valence-corrected chi connectivity index (χ2v) is 3.97. The third-order valence-electron chi connectivity index (χ3n) is 1.68. The minimum absolute atomic E-state index is 0.347. The SMILES string of the molecule is Nc1csc(-c2ccc(F)cc2Cl)n1. The number of anilines is 1. The third-order valence-corrected chi connectivity index (χ3v) is 2.89. The topological polar surface area (TPSA) is 38.9 Å². The van der Waals surface area contributed by atoms with Crippen molar-refractivity contribution < 1.29 is 4.39 Å². The smallest absolute Gasteiger partial charge is 0.135 e. The Morgan fingerprint density at radius 3 is 2.79 bits per heavy atom. The van der Waals surface area contributed by atoms with E-state index in [1.165, 1.54) is 23.5 Å². The summed E-state index contributed by atoms with van der Waals surface area (Å²) in [6.07, 6.45) is 0. The maximum Gasteiger partial charge on any atom is 0.135 e. The molecule has 0 saturated carbocycles. The van der Waals surface area contributed by atoms with Crippen LogP contribution in [0.1, 0.15) is 0 Å². The molecule has 0 saturated heterocycles. The summed E-state index contributed by atoms with van der Waals surface area (Å²) in [7, 11) is 0. The van der Waals surface area contributed by atoms with Gasteiger partial charge in [-0.25, -0.2) is 9.37 Å². The molecule has 0 amide bonds. The monoisotopic (exact) mass is 228 g/mol. The first-order chi connectivity index (χ1) is 6.66. The maximum atomic E-state index is 12.7. The summed E-state index contributed by atoms with van der Waals surface area (Å²) in [4.78, 5) is 4.06. The van der Waals surface area contributed by atoms with Gasteiger partial charge in [-0.15, -0.1) is 11.3 Å². The Morgan fingerprint density at radius 1 is 1.43 bits per heavy atom. The molecule has 0 aliphatic carbocycles. The van der Waals surface area contributed by atoms with Crippen LogP contribution in [0.25, 0.3) is 10.6 Å². The number of nitrogens with two attached hydrogens (primary N) is 1. The predicted octanol–water partition coefficient (Wildman–Crippen LogP) is 3.18. The maximum absolute atomic E-state index is 12.7. The average Bonchev–Trinajstić information content (AvgIpc) is 2.51. The second-order valence-electron chi connectivity index (χ2n) is 2.70. The Hall–Kier alpha value is -1.13. The Balaban J connectivity index is 2.52. The largest absolute Gasteiger partial charge is 0.383 e. The molecule has 0 atom stereocenters. The van der Waals surface area contributed by atoms with Gasteiger partial charge in [-0.05, 0) is 18.2 Å². The van der Waals surface area contributed by atoms with E-state index in [2.05, 4.69) is 4.98 Å². The molecule has 0 radical (unpaired) electrons. The van der Waals surface area contributed by atoms with Crippen LogP contribution in [-0.4, -0.2) is 4.98 Å². The van der Waals surface area contributed by atoms with Gasteiger partial charge in [0, 0.05) is 10.9 Å². The zero-order valence-electron chi connectivity index (χ0n) is 7.00. The van der Waals surface area contributed by atoms with Crippen molar-refractivity contribution in [3.8, 4) is 10.6 Å². The van der Waals surface area contributed by atoms with E-state index >= 15 is 0 Å². The van der Waals surface area contributed by atoms with Gasteiger partial charge in [0.05, 0.1) is 5.02 Å². The fourth-order valence-electron chi connectivity index (χ4n) is 1.07. The molecule has 2 nitrogen and oxygen atoms in total. The first-order valence-electron chi connectivity index (χ1n) is 3.83. The molecule has 2 aromatic rings. The van der Waals surface area contributed by atoms with Crippen molar-refractivity contribution in [3.63, 3.8) is 0 Å². The van der Waals surface area contributed by atoms with E-state index in [0.717, 1.165) is 0 Å². The van der Waals surface area contributed by atoms with Crippen molar-refractivity contribution in [2.45, 2.75) is 0 Å². The van der Waals surface area contributed by atoms with Crippen LogP contribution in [0.5, 0.6) is 0 Å². The Morgan fingerprint density at radius 2 is 2.21 bits per heavy atom. The molecule has 2 N–H and O–H groups in total. The van der Waals surface area contributed by atoms with Gasteiger partial charge in [0.1, 0.15) is 16.6 Å². The number of hydrogen-bond donors (Lipinski definition) is 1. The lowest BCUT2D eigenvalue weighted by Crippen LogP contribution is -1.84. The van der Waals surface area contributed by atoms with Crippen molar-refractivity contribution >= 4 is 28.8 Å². The lowest BCUT2D eigenvalue weighted by atomic mass is 10.2. The van der Waals surface area contributed by atoms with E-state index in [4.69, 9.17) is 17.3 Å². The molecule has 5 heteroatoms. The van der Waals surface area contributed by atoms with Crippen LogP contribution in [0.4, 0.5) is 10.2 Å². The molecule has 1 heterocycles. The van der Waals surface area contributed by atoms with Crippen LogP contribution >= 0.6 is 22.9 Å². The highest BCUT2D eigenvalue weighted by molar-refractivity contribution is 7.13. The molecular formula is C9H6ClFN2S. The van der Waals surface area contributed by atoms with E-state index < -0.39 is 0 Å². The quantitative estimate of drug-likeness (QED) is 0.814. The molecule has 2 rings (SSSR count). The molecular weight excluding hydrogens is 223 g/mol. The first kappa shape index (κ1) is 9.43. The first-order valence-corrected chi connectivity index (χ1v) is 5.09. The number of halogens is 2. The van der Waals surface area contributed by atoms with Crippen molar-refractivity contribution in [1.29, 1.82) is 0 Å². The van der Waals surface area contributed by atoms with Gasteiger partial charge in [-0.1, -0.05) is 11.6 Å². The Bertz CT molecular complexity index is 470. The Kier molecular flexibility index (Phi) is 2.39. The van der Waals surface area contributed by atoms with Gasteiger partial charge in [-0.3, -0.25) is 0 Å². The number of nitrogens with zero attached hydrogens (tertiary/aromatic N) is 1. The fourth-order valence-corrected chi connectivity index (χ4v) is 2.13. The van der Waals surface area contributed by atoms with Crippen LogP contribution in [0.3, 0.4) is 0 Å². The van der Waals surface area contributed by atoms with Gasteiger partial charge in [0.15, 0.2) is 0 Å². The summed E-state index contributed by atoms with van der Waals surface area (Å²) in [5, 5.41) is 2.77.